The molecular formula is C28H34N6O2. The van der Waals surface area contributed by atoms with Gasteiger partial charge in [0, 0.05) is 64.1 Å². The molecule has 0 saturated carbocycles. The van der Waals surface area contributed by atoms with Crippen LogP contribution in [0.2, 0.25) is 0 Å². The number of fused-ring (bicyclic) bond motifs is 1. The summed E-state index contributed by atoms with van der Waals surface area (Å²) in [6, 6.07) is 17.7. The molecule has 0 bridgehead atoms. The zero-order valence-electron chi connectivity index (χ0n) is 20.8. The van der Waals surface area contributed by atoms with Crippen molar-refractivity contribution in [2.75, 3.05) is 44.8 Å². The lowest BCUT2D eigenvalue weighted by atomic mass is 9.94. The third kappa shape index (κ3) is 4.81. The number of nitrogens with zero attached hydrogens (tertiary/aromatic N) is 5. The number of rotatable bonds is 7. The Morgan fingerprint density at radius 3 is 2.89 bits per heavy atom. The van der Waals surface area contributed by atoms with Crippen LogP contribution in [0.4, 0.5) is 5.69 Å². The fraction of sp³-hybridized carbons (Fsp3) is 0.464. The van der Waals surface area contributed by atoms with E-state index in [2.05, 4.69) is 33.7 Å². The molecule has 2 saturated heterocycles. The Kier molecular flexibility index (Phi) is 7.21. The highest BCUT2D eigenvalue weighted by molar-refractivity contribution is 5.81. The fourth-order valence-electron chi connectivity index (χ4n) is 5.70. The number of nitriles is 1. The van der Waals surface area contributed by atoms with Crippen molar-refractivity contribution in [3.63, 3.8) is 0 Å². The van der Waals surface area contributed by atoms with Crippen LogP contribution < -0.4 is 10.6 Å². The van der Waals surface area contributed by atoms with Crippen LogP contribution in [0.3, 0.4) is 0 Å². The van der Waals surface area contributed by atoms with Crippen LogP contribution in [0.25, 0.3) is 11.0 Å². The van der Waals surface area contributed by atoms with Gasteiger partial charge in [0.2, 0.25) is 5.91 Å². The summed E-state index contributed by atoms with van der Waals surface area (Å²) in [5.41, 5.74) is 10.2. The summed E-state index contributed by atoms with van der Waals surface area (Å²) >= 11 is 0. The lowest BCUT2D eigenvalue weighted by molar-refractivity contribution is -0.136. The molecule has 8 nitrogen and oxygen atoms in total. The van der Waals surface area contributed by atoms with Gasteiger partial charge in [-0.15, -0.1) is 0 Å². The van der Waals surface area contributed by atoms with Gasteiger partial charge in [-0.1, -0.05) is 18.2 Å². The summed E-state index contributed by atoms with van der Waals surface area (Å²) in [4.78, 5) is 22.8. The number of likely N-dealkylation sites (tertiary alicyclic amines) is 1. The minimum Gasteiger partial charge on any atom is -0.385 e. The topological polar surface area (TPSA) is 100 Å². The summed E-state index contributed by atoms with van der Waals surface area (Å²) in [5.74, 6) is 1.14. The van der Waals surface area contributed by atoms with E-state index in [9.17, 15) is 10.1 Å². The molecule has 36 heavy (non-hydrogen) atoms. The molecule has 3 heterocycles. The van der Waals surface area contributed by atoms with Crippen LogP contribution in [0.1, 0.15) is 36.6 Å². The highest BCUT2D eigenvalue weighted by Crippen LogP contribution is 2.32. The molecule has 3 aromatic rings. The van der Waals surface area contributed by atoms with Gasteiger partial charge < -0.3 is 24.8 Å². The average Bonchev–Trinajstić information content (AvgIpc) is 3.49. The molecule has 1 amide bonds. The van der Waals surface area contributed by atoms with E-state index in [1.54, 1.807) is 13.2 Å². The number of aromatic nitrogens is 2. The molecule has 0 spiro atoms. The Balaban J connectivity index is 1.32. The maximum atomic E-state index is 13.7. The van der Waals surface area contributed by atoms with E-state index in [1.807, 2.05) is 29.2 Å². The number of carbonyl (C=O) groups excluding carboxylic acids is 1. The van der Waals surface area contributed by atoms with E-state index in [-0.39, 0.29) is 23.8 Å². The van der Waals surface area contributed by atoms with Crippen molar-refractivity contribution >= 4 is 22.6 Å². The smallest absolute Gasteiger partial charge is 0.229 e. The minimum atomic E-state index is -0.255. The van der Waals surface area contributed by atoms with E-state index in [0.29, 0.717) is 31.8 Å². The number of carbonyl (C=O) groups is 1. The second-order valence-electron chi connectivity index (χ2n) is 9.92. The van der Waals surface area contributed by atoms with Crippen LogP contribution in [0, 0.1) is 17.2 Å². The number of piperidine rings is 1. The number of nitrogens with two attached hydrogens (primary N) is 1. The van der Waals surface area contributed by atoms with E-state index in [1.165, 1.54) is 0 Å². The predicted octanol–water partition coefficient (Wildman–Crippen LogP) is 3.11. The number of hydrogen-bond acceptors (Lipinski definition) is 6. The molecule has 3 atom stereocenters. The summed E-state index contributed by atoms with van der Waals surface area (Å²) in [5, 5.41) is 9.25. The van der Waals surface area contributed by atoms with Gasteiger partial charge >= 0.3 is 0 Å². The summed E-state index contributed by atoms with van der Waals surface area (Å²) in [6.07, 6.45) is 2.88. The predicted molar refractivity (Wildman–Crippen MR) is 140 cm³/mol. The van der Waals surface area contributed by atoms with E-state index < -0.39 is 0 Å². The van der Waals surface area contributed by atoms with Crippen molar-refractivity contribution in [3.8, 4) is 6.07 Å². The van der Waals surface area contributed by atoms with Gasteiger partial charge in [-0.3, -0.25) is 4.79 Å². The van der Waals surface area contributed by atoms with Crippen LogP contribution in [-0.4, -0.2) is 66.3 Å². The first-order valence-electron chi connectivity index (χ1n) is 12.8. The third-order valence-electron chi connectivity index (χ3n) is 7.54. The molecule has 188 valence electrons. The first-order valence-corrected chi connectivity index (χ1v) is 12.8. The maximum Gasteiger partial charge on any atom is 0.229 e. The summed E-state index contributed by atoms with van der Waals surface area (Å²) < 4.78 is 7.61. The first-order chi connectivity index (χ1) is 17.6. The number of imidazole rings is 1. The van der Waals surface area contributed by atoms with Crippen molar-refractivity contribution in [1.29, 1.82) is 5.26 Å². The monoisotopic (exact) mass is 486 g/mol. The average molecular weight is 487 g/mol. The van der Waals surface area contributed by atoms with Crippen molar-refractivity contribution < 1.29 is 9.53 Å². The fourth-order valence-corrected chi connectivity index (χ4v) is 5.70. The third-order valence-corrected chi connectivity index (χ3v) is 7.54. The van der Waals surface area contributed by atoms with Gasteiger partial charge in [0.05, 0.1) is 28.6 Å². The Bertz CT molecular complexity index is 1260. The number of anilines is 1. The van der Waals surface area contributed by atoms with Crippen molar-refractivity contribution in [2.24, 2.45) is 11.7 Å². The molecule has 5 rings (SSSR count). The number of benzene rings is 2. The number of methoxy groups -OCH3 is 1. The Morgan fingerprint density at radius 1 is 1.19 bits per heavy atom. The molecule has 2 aliphatic rings. The van der Waals surface area contributed by atoms with Gasteiger partial charge in [-0.05, 0) is 49.6 Å². The lowest BCUT2D eigenvalue weighted by Crippen LogP contribution is -2.47. The van der Waals surface area contributed by atoms with Crippen molar-refractivity contribution in [2.45, 2.75) is 37.8 Å². The zero-order chi connectivity index (χ0) is 25.1. The summed E-state index contributed by atoms with van der Waals surface area (Å²) in [7, 11) is 1.73. The first kappa shape index (κ1) is 24.3. The van der Waals surface area contributed by atoms with Gasteiger partial charge in [-0.25, -0.2) is 4.98 Å². The Labute approximate surface area is 212 Å². The molecular weight excluding hydrogens is 452 g/mol. The van der Waals surface area contributed by atoms with Gasteiger partial charge in [-0.2, -0.15) is 5.26 Å². The molecule has 2 N–H and O–H groups in total. The van der Waals surface area contributed by atoms with Crippen LogP contribution in [0.15, 0.2) is 48.5 Å². The number of ether oxygens (including phenoxy) is 1. The van der Waals surface area contributed by atoms with Crippen molar-refractivity contribution in [1.82, 2.24) is 14.5 Å². The molecule has 2 aromatic carbocycles. The second-order valence-corrected chi connectivity index (χ2v) is 9.92. The molecule has 1 aromatic heterocycles. The van der Waals surface area contributed by atoms with Crippen molar-refractivity contribution in [3.05, 3.63) is 59.9 Å². The molecule has 8 heteroatoms. The Hall–Kier alpha value is -3.41. The molecule has 0 radical (unpaired) electrons. The lowest BCUT2D eigenvalue weighted by Gasteiger charge is -2.35. The molecule has 0 unspecified atom stereocenters. The SMILES string of the molecule is COCCCn1c([C@@H]2CCCN(C(=O)[C@@H]3CN(c4cccc(C#N)c4)C[C@H]3N)C2)nc2ccccc21. The maximum absolute atomic E-state index is 13.7. The number of aryl methyl sites for hydroxylation is 1. The van der Waals surface area contributed by atoms with E-state index in [0.717, 1.165) is 54.9 Å². The van der Waals surface area contributed by atoms with Gasteiger partial charge in [0.1, 0.15) is 5.82 Å². The number of amides is 1. The zero-order valence-corrected chi connectivity index (χ0v) is 20.8. The highest BCUT2D eigenvalue weighted by atomic mass is 16.5. The molecule has 2 aliphatic heterocycles. The van der Waals surface area contributed by atoms with E-state index >= 15 is 0 Å². The van der Waals surface area contributed by atoms with E-state index in [4.69, 9.17) is 15.5 Å². The standard InChI is InChI=1S/C28H34N6O2/c1-36-14-6-13-34-26-11-3-2-10-25(26)31-27(34)21-8-5-12-32(17-21)28(35)23-18-33(19-24(23)30)22-9-4-7-20(15-22)16-29/h2-4,7,9-11,15,21,23-24H,5-6,8,12-14,17-19,30H2,1H3/t21-,23-,24-/m1/s1. The quantitative estimate of drug-likeness (QED) is 0.515. The molecule has 2 fully saturated rings. The summed E-state index contributed by atoms with van der Waals surface area (Å²) in [6.45, 7) is 4.16. The normalized spacial score (nSPS) is 22.2. The van der Waals surface area contributed by atoms with Gasteiger partial charge in [0.15, 0.2) is 0 Å². The van der Waals surface area contributed by atoms with Crippen LogP contribution in [0.5, 0.6) is 0 Å². The molecule has 0 aliphatic carbocycles. The van der Waals surface area contributed by atoms with Crippen LogP contribution in [-0.2, 0) is 16.1 Å². The van der Waals surface area contributed by atoms with Crippen LogP contribution >= 0.6 is 0 Å². The second kappa shape index (κ2) is 10.7. The largest absolute Gasteiger partial charge is 0.385 e. The number of hydrogen-bond donors (Lipinski definition) is 1. The number of para-hydroxylation sites is 2. The minimum absolute atomic E-state index is 0.133. The van der Waals surface area contributed by atoms with Gasteiger partial charge in [0.25, 0.3) is 0 Å². The Morgan fingerprint density at radius 2 is 2.06 bits per heavy atom. The highest BCUT2D eigenvalue weighted by Gasteiger charge is 2.39.